The monoisotopic (exact) mass is 308 g/mol. The second kappa shape index (κ2) is 6.52. The van der Waals surface area contributed by atoms with Gasteiger partial charge in [-0.25, -0.2) is 0 Å². The summed E-state index contributed by atoms with van der Waals surface area (Å²) in [6.45, 7) is 3.28. The van der Waals surface area contributed by atoms with Gasteiger partial charge >= 0.3 is 0 Å². The minimum Gasteiger partial charge on any atom is -0.350 e. The van der Waals surface area contributed by atoms with Gasteiger partial charge < -0.3 is 9.88 Å². The zero-order chi connectivity index (χ0) is 16.2. The molecule has 0 spiro atoms. The standard InChI is InChI=1S/C18H20N4O/c1-14-4-9-17(21(14)2)12-19-18(23)16-7-5-15(6-8-16)13-22-11-3-10-20-22/h3-11H,12-13H2,1-2H3,(H,19,23). The molecule has 118 valence electrons. The predicted molar refractivity (Wildman–Crippen MR) is 89.1 cm³/mol. The largest absolute Gasteiger partial charge is 0.350 e. The van der Waals surface area contributed by atoms with Crippen molar-refractivity contribution in [3.8, 4) is 0 Å². The molecule has 0 fully saturated rings. The second-order valence-corrected chi connectivity index (χ2v) is 5.61. The fourth-order valence-electron chi connectivity index (χ4n) is 2.46. The van der Waals surface area contributed by atoms with Crippen LogP contribution in [0.15, 0.2) is 54.9 Å². The normalized spacial score (nSPS) is 10.7. The Bertz CT molecular complexity index is 785. The number of nitrogens with zero attached hydrogens (tertiary/aromatic N) is 3. The van der Waals surface area contributed by atoms with Crippen molar-refractivity contribution in [1.82, 2.24) is 19.7 Å². The minimum atomic E-state index is -0.0607. The average Bonchev–Trinajstić information content (AvgIpc) is 3.17. The molecular formula is C18H20N4O. The lowest BCUT2D eigenvalue weighted by atomic mass is 10.1. The fourth-order valence-corrected chi connectivity index (χ4v) is 2.46. The summed E-state index contributed by atoms with van der Waals surface area (Å²) in [5, 5.41) is 7.13. The predicted octanol–water partition coefficient (Wildman–Crippen LogP) is 2.51. The molecule has 1 N–H and O–H groups in total. The first-order valence-electron chi connectivity index (χ1n) is 7.59. The molecule has 23 heavy (non-hydrogen) atoms. The van der Waals surface area contributed by atoms with Crippen molar-refractivity contribution in [3.63, 3.8) is 0 Å². The highest BCUT2D eigenvalue weighted by Crippen LogP contribution is 2.08. The van der Waals surface area contributed by atoms with Crippen molar-refractivity contribution in [3.05, 3.63) is 77.4 Å². The van der Waals surface area contributed by atoms with Crippen LogP contribution in [0.4, 0.5) is 0 Å². The molecule has 1 aromatic carbocycles. The lowest BCUT2D eigenvalue weighted by Gasteiger charge is -2.08. The van der Waals surface area contributed by atoms with Crippen LogP contribution in [0.1, 0.15) is 27.3 Å². The van der Waals surface area contributed by atoms with Crippen LogP contribution in [0.5, 0.6) is 0 Å². The first-order chi connectivity index (χ1) is 11.1. The highest BCUT2D eigenvalue weighted by molar-refractivity contribution is 5.94. The third kappa shape index (κ3) is 3.51. The molecule has 0 aliphatic rings. The number of carbonyl (C=O) groups is 1. The van der Waals surface area contributed by atoms with Crippen molar-refractivity contribution in [2.75, 3.05) is 0 Å². The molecule has 0 bridgehead atoms. The van der Waals surface area contributed by atoms with E-state index in [1.807, 2.05) is 67.3 Å². The maximum atomic E-state index is 12.2. The van der Waals surface area contributed by atoms with Crippen LogP contribution in [0.3, 0.4) is 0 Å². The molecular weight excluding hydrogens is 288 g/mol. The Hall–Kier alpha value is -2.82. The van der Waals surface area contributed by atoms with Gasteiger partial charge in [0.25, 0.3) is 5.91 Å². The number of rotatable bonds is 5. The van der Waals surface area contributed by atoms with Gasteiger partial charge in [0.1, 0.15) is 0 Å². The van der Waals surface area contributed by atoms with Gasteiger partial charge in [-0.2, -0.15) is 5.10 Å². The Morgan fingerprint density at radius 2 is 1.96 bits per heavy atom. The van der Waals surface area contributed by atoms with E-state index in [2.05, 4.69) is 15.0 Å². The molecule has 0 atom stereocenters. The van der Waals surface area contributed by atoms with Gasteiger partial charge in [-0.05, 0) is 42.8 Å². The van der Waals surface area contributed by atoms with Crippen molar-refractivity contribution in [2.24, 2.45) is 7.05 Å². The average molecular weight is 308 g/mol. The Balaban J connectivity index is 1.60. The van der Waals surface area contributed by atoms with E-state index in [0.717, 1.165) is 11.3 Å². The van der Waals surface area contributed by atoms with E-state index in [-0.39, 0.29) is 5.91 Å². The molecule has 0 saturated heterocycles. The summed E-state index contributed by atoms with van der Waals surface area (Å²) < 4.78 is 3.93. The van der Waals surface area contributed by atoms with Gasteiger partial charge in [0.05, 0.1) is 13.1 Å². The summed E-state index contributed by atoms with van der Waals surface area (Å²) >= 11 is 0. The maximum absolute atomic E-state index is 12.2. The molecule has 3 rings (SSSR count). The van der Waals surface area contributed by atoms with Gasteiger partial charge in [0.2, 0.25) is 0 Å². The third-order valence-electron chi connectivity index (χ3n) is 4.03. The number of hydrogen-bond donors (Lipinski definition) is 1. The Labute approximate surface area is 135 Å². The molecule has 0 aliphatic heterocycles. The maximum Gasteiger partial charge on any atom is 0.251 e. The Morgan fingerprint density at radius 3 is 2.57 bits per heavy atom. The van der Waals surface area contributed by atoms with Gasteiger partial charge in [-0.1, -0.05) is 12.1 Å². The quantitative estimate of drug-likeness (QED) is 0.787. The van der Waals surface area contributed by atoms with Crippen molar-refractivity contribution >= 4 is 5.91 Å². The van der Waals surface area contributed by atoms with E-state index in [0.29, 0.717) is 18.7 Å². The van der Waals surface area contributed by atoms with Crippen LogP contribution < -0.4 is 5.32 Å². The Kier molecular flexibility index (Phi) is 4.28. The molecule has 0 aliphatic carbocycles. The highest BCUT2D eigenvalue weighted by Gasteiger charge is 2.07. The van der Waals surface area contributed by atoms with Crippen LogP contribution in [0.2, 0.25) is 0 Å². The molecule has 5 heteroatoms. The number of amides is 1. The van der Waals surface area contributed by atoms with Crippen molar-refractivity contribution in [1.29, 1.82) is 0 Å². The zero-order valence-corrected chi connectivity index (χ0v) is 13.4. The third-order valence-corrected chi connectivity index (χ3v) is 4.03. The summed E-state index contributed by atoms with van der Waals surface area (Å²) in [6, 6.07) is 13.6. The van der Waals surface area contributed by atoms with Crippen LogP contribution >= 0.6 is 0 Å². The van der Waals surface area contributed by atoms with E-state index in [9.17, 15) is 4.79 Å². The number of benzene rings is 1. The first-order valence-corrected chi connectivity index (χ1v) is 7.59. The van der Waals surface area contributed by atoms with E-state index < -0.39 is 0 Å². The second-order valence-electron chi connectivity index (χ2n) is 5.61. The minimum absolute atomic E-state index is 0.0607. The molecule has 0 radical (unpaired) electrons. The van der Waals surface area contributed by atoms with Crippen LogP contribution in [0.25, 0.3) is 0 Å². The molecule has 3 aromatic rings. The fraction of sp³-hybridized carbons (Fsp3) is 0.222. The van der Waals surface area contributed by atoms with Crippen LogP contribution in [-0.2, 0) is 20.1 Å². The van der Waals surface area contributed by atoms with Crippen LogP contribution in [0, 0.1) is 6.92 Å². The van der Waals surface area contributed by atoms with Gasteiger partial charge in [-0.15, -0.1) is 0 Å². The van der Waals surface area contributed by atoms with Gasteiger partial charge in [0, 0.05) is 36.4 Å². The summed E-state index contributed by atoms with van der Waals surface area (Å²) in [7, 11) is 2.00. The topological polar surface area (TPSA) is 51.9 Å². The van der Waals surface area contributed by atoms with Crippen molar-refractivity contribution < 1.29 is 4.79 Å². The summed E-state index contributed by atoms with van der Waals surface area (Å²) in [4.78, 5) is 12.2. The molecule has 5 nitrogen and oxygen atoms in total. The number of aromatic nitrogens is 3. The lowest BCUT2D eigenvalue weighted by Crippen LogP contribution is -2.24. The molecule has 0 unspecified atom stereocenters. The zero-order valence-electron chi connectivity index (χ0n) is 13.4. The highest BCUT2D eigenvalue weighted by atomic mass is 16.1. The summed E-state index contributed by atoms with van der Waals surface area (Å²) in [5.41, 5.74) is 4.05. The summed E-state index contributed by atoms with van der Waals surface area (Å²) in [5.74, 6) is -0.0607. The number of aryl methyl sites for hydroxylation is 1. The first kappa shape index (κ1) is 15.1. The molecule has 1 amide bonds. The van der Waals surface area contributed by atoms with Gasteiger partial charge in [-0.3, -0.25) is 9.48 Å². The lowest BCUT2D eigenvalue weighted by molar-refractivity contribution is 0.0950. The summed E-state index contributed by atoms with van der Waals surface area (Å²) in [6.07, 6.45) is 3.68. The number of nitrogens with one attached hydrogen (secondary N) is 1. The number of carbonyl (C=O) groups excluding carboxylic acids is 1. The van der Waals surface area contributed by atoms with E-state index in [1.54, 1.807) is 6.20 Å². The van der Waals surface area contributed by atoms with E-state index >= 15 is 0 Å². The SMILES string of the molecule is Cc1ccc(CNC(=O)c2ccc(Cn3cccn3)cc2)n1C. The Morgan fingerprint density at radius 1 is 1.17 bits per heavy atom. The smallest absolute Gasteiger partial charge is 0.251 e. The van der Waals surface area contributed by atoms with Crippen molar-refractivity contribution in [2.45, 2.75) is 20.0 Å². The van der Waals surface area contributed by atoms with E-state index in [1.165, 1.54) is 5.69 Å². The molecule has 2 heterocycles. The van der Waals surface area contributed by atoms with Gasteiger partial charge in [0.15, 0.2) is 0 Å². The number of hydrogen-bond acceptors (Lipinski definition) is 2. The van der Waals surface area contributed by atoms with E-state index in [4.69, 9.17) is 0 Å². The van der Waals surface area contributed by atoms with Crippen LogP contribution in [-0.4, -0.2) is 20.3 Å². The molecule has 0 saturated carbocycles. The molecule has 2 aromatic heterocycles.